The minimum absolute atomic E-state index is 0.0102. The van der Waals surface area contributed by atoms with E-state index in [-0.39, 0.29) is 17.2 Å². The van der Waals surface area contributed by atoms with Crippen molar-refractivity contribution in [2.45, 2.75) is 26.8 Å². The zero-order valence-corrected chi connectivity index (χ0v) is 14.2. The predicted octanol–water partition coefficient (Wildman–Crippen LogP) is 2.85. The van der Waals surface area contributed by atoms with Crippen LogP contribution in [-0.2, 0) is 4.79 Å². The van der Waals surface area contributed by atoms with Crippen LogP contribution < -0.4 is 10.1 Å². The topological polar surface area (TPSA) is 88.5 Å². The van der Waals surface area contributed by atoms with Gasteiger partial charge in [-0.1, -0.05) is 6.07 Å². The average Bonchev–Trinajstić information content (AvgIpc) is 2.90. The number of carboxylic acids is 1. The van der Waals surface area contributed by atoms with Crippen molar-refractivity contribution in [3.8, 4) is 5.75 Å². The van der Waals surface area contributed by atoms with Crippen LogP contribution in [0.4, 0.5) is 4.39 Å². The third-order valence-electron chi connectivity index (χ3n) is 3.20. The summed E-state index contributed by atoms with van der Waals surface area (Å²) in [6, 6.07) is 3.92. The van der Waals surface area contributed by atoms with Gasteiger partial charge in [0.25, 0.3) is 5.91 Å². The van der Waals surface area contributed by atoms with E-state index in [2.05, 4.69) is 10.3 Å². The summed E-state index contributed by atoms with van der Waals surface area (Å²) in [5, 5.41) is 12.2. The van der Waals surface area contributed by atoms with Crippen LogP contribution in [0.25, 0.3) is 0 Å². The minimum atomic E-state index is -1.05. The standard InChI is InChI=1S/C16H17FN2O4S/c1-8-4-5-11(17)12(6-8)23-7-13(20)18-10(3)15-19-9(2)14(24-15)16(21)22/h4-6,10H,7H2,1-3H3,(H,18,20)(H,21,22). The summed E-state index contributed by atoms with van der Waals surface area (Å²) >= 11 is 1.01. The van der Waals surface area contributed by atoms with Crippen LogP contribution in [0.5, 0.6) is 5.75 Å². The highest BCUT2D eigenvalue weighted by atomic mass is 32.1. The number of rotatable bonds is 6. The molecule has 1 aromatic heterocycles. The Morgan fingerprint density at radius 3 is 2.75 bits per heavy atom. The van der Waals surface area contributed by atoms with Crippen molar-refractivity contribution in [2.75, 3.05) is 6.61 Å². The number of amides is 1. The number of carbonyl (C=O) groups excluding carboxylic acids is 1. The number of nitrogens with zero attached hydrogens (tertiary/aromatic N) is 1. The number of aromatic carboxylic acids is 1. The molecule has 0 bridgehead atoms. The van der Waals surface area contributed by atoms with Gasteiger partial charge in [0.05, 0.1) is 11.7 Å². The van der Waals surface area contributed by atoms with E-state index in [1.807, 2.05) is 0 Å². The van der Waals surface area contributed by atoms with Gasteiger partial charge >= 0.3 is 5.97 Å². The Hall–Kier alpha value is -2.48. The van der Waals surface area contributed by atoms with Crippen molar-refractivity contribution in [3.05, 3.63) is 45.2 Å². The molecule has 24 heavy (non-hydrogen) atoms. The van der Waals surface area contributed by atoms with E-state index in [1.165, 1.54) is 12.1 Å². The number of aryl methyl sites for hydroxylation is 2. The molecule has 1 amide bonds. The van der Waals surface area contributed by atoms with Crippen molar-refractivity contribution in [2.24, 2.45) is 0 Å². The van der Waals surface area contributed by atoms with Crippen LogP contribution in [0.1, 0.15) is 38.9 Å². The average molecular weight is 352 g/mol. The first-order valence-corrected chi connectivity index (χ1v) is 7.98. The Balaban J connectivity index is 1.95. The fraction of sp³-hybridized carbons (Fsp3) is 0.312. The van der Waals surface area contributed by atoms with Crippen molar-refractivity contribution in [1.82, 2.24) is 10.3 Å². The Bertz CT molecular complexity index is 775. The molecular weight excluding hydrogens is 335 g/mol. The maximum atomic E-state index is 13.5. The van der Waals surface area contributed by atoms with Crippen molar-refractivity contribution < 1.29 is 23.8 Å². The third kappa shape index (κ3) is 4.29. The van der Waals surface area contributed by atoms with E-state index in [4.69, 9.17) is 9.84 Å². The van der Waals surface area contributed by atoms with Crippen LogP contribution >= 0.6 is 11.3 Å². The minimum Gasteiger partial charge on any atom is -0.481 e. The van der Waals surface area contributed by atoms with Crippen LogP contribution in [-0.4, -0.2) is 28.6 Å². The largest absolute Gasteiger partial charge is 0.481 e. The van der Waals surface area contributed by atoms with E-state index in [0.29, 0.717) is 10.7 Å². The van der Waals surface area contributed by atoms with Crippen molar-refractivity contribution in [1.29, 1.82) is 0 Å². The normalized spacial score (nSPS) is 11.8. The molecule has 2 aromatic rings. The molecule has 0 saturated heterocycles. The lowest BCUT2D eigenvalue weighted by Gasteiger charge is -2.12. The SMILES string of the molecule is Cc1ccc(F)c(OCC(=O)NC(C)c2nc(C)c(C(=O)O)s2)c1. The van der Waals surface area contributed by atoms with Crippen LogP contribution in [0.3, 0.4) is 0 Å². The first-order chi connectivity index (χ1) is 11.3. The van der Waals surface area contributed by atoms with Crippen LogP contribution in [0.2, 0.25) is 0 Å². The van der Waals surface area contributed by atoms with Crippen LogP contribution in [0.15, 0.2) is 18.2 Å². The van der Waals surface area contributed by atoms with Gasteiger partial charge in [0, 0.05) is 0 Å². The molecule has 0 spiro atoms. The van der Waals surface area contributed by atoms with E-state index in [9.17, 15) is 14.0 Å². The van der Waals surface area contributed by atoms with Gasteiger partial charge in [0.15, 0.2) is 18.2 Å². The monoisotopic (exact) mass is 352 g/mol. The highest BCUT2D eigenvalue weighted by Gasteiger charge is 2.19. The van der Waals surface area contributed by atoms with Crippen molar-refractivity contribution in [3.63, 3.8) is 0 Å². The number of aromatic nitrogens is 1. The summed E-state index contributed by atoms with van der Waals surface area (Å²) in [7, 11) is 0. The Labute approximate surface area is 142 Å². The number of hydrogen-bond acceptors (Lipinski definition) is 5. The van der Waals surface area contributed by atoms with Crippen molar-refractivity contribution >= 4 is 23.2 Å². The fourth-order valence-corrected chi connectivity index (χ4v) is 2.92. The van der Waals surface area contributed by atoms with E-state index < -0.39 is 23.7 Å². The molecule has 0 radical (unpaired) electrons. The molecule has 0 fully saturated rings. The second-order valence-electron chi connectivity index (χ2n) is 5.28. The number of hydrogen-bond donors (Lipinski definition) is 2. The molecule has 1 heterocycles. The maximum Gasteiger partial charge on any atom is 0.347 e. The van der Waals surface area contributed by atoms with Gasteiger partial charge in [-0.25, -0.2) is 14.2 Å². The molecule has 1 unspecified atom stereocenters. The zero-order valence-electron chi connectivity index (χ0n) is 13.4. The highest BCUT2D eigenvalue weighted by Crippen LogP contribution is 2.23. The maximum absolute atomic E-state index is 13.5. The van der Waals surface area contributed by atoms with E-state index in [0.717, 1.165) is 16.9 Å². The summed E-state index contributed by atoms with van der Waals surface area (Å²) in [5.74, 6) is -2.03. The van der Waals surface area contributed by atoms with Gasteiger partial charge in [-0.3, -0.25) is 4.79 Å². The second kappa shape index (κ2) is 7.39. The lowest BCUT2D eigenvalue weighted by atomic mass is 10.2. The molecule has 8 heteroatoms. The number of carboxylic acid groups (broad SMARTS) is 1. The Morgan fingerprint density at radius 2 is 2.12 bits per heavy atom. The number of thiazole rings is 1. The fourth-order valence-electron chi connectivity index (χ4n) is 2.01. The number of ether oxygens (including phenoxy) is 1. The summed E-state index contributed by atoms with van der Waals surface area (Å²) in [6.07, 6.45) is 0. The molecule has 0 aliphatic carbocycles. The summed E-state index contributed by atoms with van der Waals surface area (Å²) < 4.78 is 18.7. The van der Waals surface area contributed by atoms with E-state index in [1.54, 1.807) is 26.8 Å². The van der Waals surface area contributed by atoms with Gasteiger partial charge in [0.2, 0.25) is 0 Å². The van der Waals surface area contributed by atoms with Crippen LogP contribution in [0, 0.1) is 19.7 Å². The van der Waals surface area contributed by atoms with Gasteiger partial charge in [-0.15, -0.1) is 11.3 Å². The lowest BCUT2D eigenvalue weighted by Crippen LogP contribution is -2.31. The molecular formula is C16H17FN2O4S. The molecule has 2 rings (SSSR count). The van der Waals surface area contributed by atoms with Gasteiger partial charge in [-0.2, -0.15) is 0 Å². The lowest BCUT2D eigenvalue weighted by molar-refractivity contribution is -0.123. The summed E-state index contributed by atoms with van der Waals surface area (Å²) in [4.78, 5) is 27.2. The highest BCUT2D eigenvalue weighted by molar-refractivity contribution is 7.13. The summed E-state index contributed by atoms with van der Waals surface area (Å²) in [6.45, 7) is 4.73. The zero-order chi connectivity index (χ0) is 17.9. The second-order valence-corrected chi connectivity index (χ2v) is 6.31. The first kappa shape index (κ1) is 17.9. The Kier molecular flexibility index (Phi) is 5.50. The molecule has 0 aliphatic rings. The number of benzene rings is 1. The van der Waals surface area contributed by atoms with Gasteiger partial charge in [0.1, 0.15) is 9.88 Å². The molecule has 6 nitrogen and oxygen atoms in total. The number of nitrogens with one attached hydrogen (secondary N) is 1. The predicted molar refractivity (Wildman–Crippen MR) is 87.0 cm³/mol. The smallest absolute Gasteiger partial charge is 0.347 e. The molecule has 1 atom stereocenters. The molecule has 0 saturated carbocycles. The number of carbonyl (C=O) groups is 2. The quantitative estimate of drug-likeness (QED) is 0.834. The first-order valence-electron chi connectivity index (χ1n) is 7.17. The van der Waals surface area contributed by atoms with E-state index >= 15 is 0 Å². The Morgan fingerprint density at radius 1 is 1.42 bits per heavy atom. The molecule has 1 aromatic carbocycles. The van der Waals surface area contributed by atoms with Gasteiger partial charge < -0.3 is 15.2 Å². The third-order valence-corrected chi connectivity index (χ3v) is 4.53. The molecule has 128 valence electrons. The number of halogens is 1. The summed E-state index contributed by atoms with van der Waals surface area (Å²) in [5.41, 5.74) is 1.22. The molecule has 2 N–H and O–H groups in total. The molecule has 0 aliphatic heterocycles. The van der Waals surface area contributed by atoms with Gasteiger partial charge in [-0.05, 0) is 38.5 Å².